The summed E-state index contributed by atoms with van der Waals surface area (Å²) >= 11 is 13.0. The van der Waals surface area contributed by atoms with Crippen LogP contribution in [0, 0.1) is 17.8 Å². The summed E-state index contributed by atoms with van der Waals surface area (Å²) in [4.78, 5) is 67.1. The van der Waals surface area contributed by atoms with E-state index < -0.39 is 63.6 Å². The number of fused-ring (bicyclic) bond motifs is 1. The number of Topliss-reactive ketones (excluding diaryl/α,β-unsaturated/α-hetero) is 1. The first kappa shape index (κ1) is 32.2. The van der Waals surface area contributed by atoms with Gasteiger partial charge in [-0.1, -0.05) is 38.7 Å². The summed E-state index contributed by atoms with van der Waals surface area (Å²) in [5.74, 6) is -3.61. The van der Waals surface area contributed by atoms with Crippen molar-refractivity contribution in [3.05, 3.63) is 12.7 Å². The number of alkyl carbamates (subject to hydrolysis) is 1. The van der Waals surface area contributed by atoms with Crippen molar-refractivity contribution in [2.45, 2.75) is 101 Å². The first-order chi connectivity index (χ1) is 18.7. The van der Waals surface area contributed by atoms with Gasteiger partial charge in [0, 0.05) is 24.9 Å². The van der Waals surface area contributed by atoms with Crippen molar-refractivity contribution in [3.63, 3.8) is 0 Å². The lowest BCUT2D eigenvalue weighted by atomic mass is 9.83. The van der Waals surface area contributed by atoms with E-state index in [0.29, 0.717) is 6.42 Å². The molecule has 1 aliphatic heterocycles. The second-order valence-electron chi connectivity index (χ2n) is 12.0. The monoisotopic (exact) mass is 600 g/mol. The van der Waals surface area contributed by atoms with E-state index in [-0.39, 0.29) is 31.3 Å². The van der Waals surface area contributed by atoms with E-state index in [1.165, 1.54) is 11.0 Å². The minimum Gasteiger partial charge on any atom is -0.444 e. The van der Waals surface area contributed by atoms with Crippen LogP contribution in [0.2, 0.25) is 0 Å². The van der Waals surface area contributed by atoms with Gasteiger partial charge in [0.2, 0.25) is 17.6 Å². The lowest BCUT2D eigenvalue weighted by Gasteiger charge is -2.36. The molecular formula is C28H42Cl2N4O6. The lowest BCUT2D eigenvalue weighted by Crippen LogP contribution is -2.60. The Morgan fingerprint density at radius 3 is 2.33 bits per heavy atom. The Labute approximate surface area is 246 Å². The van der Waals surface area contributed by atoms with Crippen molar-refractivity contribution >= 4 is 52.8 Å². The highest BCUT2D eigenvalue weighted by Crippen LogP contribution is 2.65. The molecule has 2 aliphatic carbocycles. The molecule has 2 saturated carbocycles. The minimum atomic E-state index is -1.19. The van der Waals surface area contributed by atoms with Crippen LogP contribution in [0.4, 0.5) is 4.79 Å². The van der Waals surface area contributed by atoms with Crippen molar-refractivity contribution in [1.82, 2.24) is 20.9 Å². The summed E-state index contributed by atoms with van der Waals surface area (Å²) in [5, 5.41) is 7.91. The number of piperidine rings is 1. The summed E-state index contributed by atoms with van der Waals surface area (Å²) in [5.41, 5.74) is -0.752. The number of likely N-dealkylation sites (tertiary alicyclic amines) is 1. The van der Waals surface area contributed by atoms with E-state index in [9.17, 15) is 24.0 Å². The molecular weight excluding hydrogens is 559 g/mol. The number of rotatable bonds is 11. The fourth-order valence-corrected chi connectivity index (χ4v) is 6.65. The predicted molar refractivity (Wildman–Crippen MR) is 152 cm³/mol. The summed E-state index contributed by atoms with van der Waals surface area (Å²) in [6.45, 7) is 10.8. The number of carbonyl (C=O) groups is 5. The van der Waals surface area contributed by atoms with E-state index in [0.717, 1.165) is 32.1 Å². The van der Waals surface area contributed by atoms with Gasteiger partial charge >= 0.3 is 6.09 Å². The predicted octanol–water partition coefficient (Wildman–Crippen LogP) is 3.25. The number of nitrogens with zero attached hydrogens (tertiary/aromatic N) is 1. The fraction of sp³-hybridized carbons (Fsp3) is 0.750. The molecule has 3 aliphatic rings. The van der Waals surface area contributed by atoms with E-state index in [4.69, 9.17) is 27.9 Å². The van der Waals surface area contributed by atoms with Gasteiger partial charge in [-0.15, -0.1) is 29.8 Å². The zero-order valence-corrected chi connectivity index (χ0v) is 25.3. The first-order valence-electron chi connectivity index (χ1n) is 14.1. The van der Waals surface area contributed by atoms with Crippen LogP contribution in [0.1, 0.15) is 72.6 Å². The Bertz CT molecular complexity index is 1010. The van der Waals surface area contributed by atoms with Crippen LogP contribution in [0.3, 0.4) is 0 Å². The second-order valence-corrected chi connectivity index (χ2v) is 13.4. The number of carbonyl (C=O) groups excluding carboxylic acids is 5. The summed E-state index contributed by atoms with van der Waals surface area (Å²) < 4.78 is 4.25. The van der Waals surface area contributed by atoms with Crippen LogP contribution in [-0.2, 0) is 23.9 Å². The molecule has 224 valence electrons. The number of ketones is 1. The molecule has 10 nitrogen and oxygen atoms in total. The number of ether oxygens (including phenoxy) is 1. The number of nitrogens with one attached hydrogen (secondary N) is 3. The number of hydrogen-bond acceptors (Lipinski definition) is 6. The topological polar surface area (TPSA) is 134 Å². The number of amides is 4. The molecule has 5 atom stereocenters. The zero-order chi connectivity index (χ0) is 29.8. The van der Waals surface area contributed by atoms with Crippen molar-refractivity contribution in [2.24, 2.45) is 17.8 Å². The third kappa shape index (κ3) is 7.49. The molecule has 0 spiro atoms. The smallest absolute Gasteiger partial charge is 0.408 e. The fourth-order valence-electron chi connectivity index (χ4n) is 5.82. The van der Waals surface area contributed by atoms with Gasteiger partial charge in [0.1, 0.15) is 22.0 Å². The number of hydrogen-bond donors (Lipinski definition) is 3. The second kappa shape index (κ2) is 13.1. The average Bonchev–Trinajstić information content (AvgIpc) is 3.21. The quantitative estimate of drug-likeness (QED) is 0.189. The standard InChI is InChI=1S/C28H42Cl2N4O6/c1-6-11-18(22(35)24(37)31-14-7-2)32-23(36)21-19-17(28(19,29)30)15-34(21)25(38)20(16-12-9-8-10-13-16)33-26(39)40-27(3,4)5/h7,16-21H,2,6,8-15H2,1,3-5H3,(H,31,37)(H,32,36)(H,33,39)/t17?,18?,19?,20-,21-/m0/s1. The van der Waals surface area contributed by atoms with Crippen LogP contribution >= 0.6 is 23.2 Å². The number of halogens is 2. The Morgan fingerprint density at radius 1 is 1.10 bits per heavy atom. The largest absolute Gasteiger partial charge is 0.444 e. The van der Waals surface area contributed by atoms with Gasteiger partial charge in [0.25, 0.3) is 5.91 Å². The maximum atomic E-state index is 14.1. The van der Waals surface area contributed by atoms with E-state index in [1.807, 2.05) is 6.92 Å². The van der Waals surface area contributed by atoms with Gasteiger partial charge in [-0.25, -0.2) is 4.79 Å². The normalized spacial score (nSPS) is 25.1. The molecule has 0 aromatic rings. The third-order valence-corrected chi connectivity index (χ3v) is 8.85. The third-order valence-electron chi connectivity index (χ3n) is 7.78. The van der Waals surface area contributed by atoms with E-state index in [1.54, 1.807) is 20.8 Å². The number of alkyl halides is 2. The molecule has 3 unspecified atom stereocenters. The van der Waals surface area contributed by atoms with E-state index >= 15 is 0 Å². The molecule has 0 radical (unpaired) electrons. The average molecular weight is 602 g/mol. The maximum absolute atomic E-state index is 14.1. The van der Waals surface area contributed by atoms with Crippen LogP contribution in [0.25, 0.3) is 0 Å². The molecule has 0 aromatic heterocycles. The molecule has 3 fully saturated rings. The SMILES string of the molecule is C=CCNC(=O)C(=O)C(CCC)NC(=O)[C@@H]1C2C(CN1C(=O)[C@@H](NC(=O)OC(C)(C)C)C1CCCCC1)C2(Cl)Cl. The summed E-state index contributed by atoms with van der Waals surface area (Å²) in [6, 6.07) is -3.02. The Kier molecular flexibility index (Phi) is 10.5. The Hall–Kier alpha value is -2.33. The summed E-state index contributed by atoms with van der Waals surface area (Å²) in [7, 11) is 0. The van der Waals surface area contributed by atoms with Gasteiger partial charge in [0.05, 0.1) is 6.04 Å². The van der Waals surface area contributed by atoms with Gasteiger partial charge in [0.15, 0.2) is 0 Å². The van der Waals surface area contributed by atoms with Crippen LogP contribution in [0.15, 0.2) is 12.7 Å². The molecule has 4 amide bonds. The van der Waals surface area contributed by atoms with Crippen molar-refractivity contribution < 1.29 is 28.7 Å². The van der Waals surface area contributed by atoms with E-state index in [2.05, 4.69) is 22.5 Å². The maximum Gasteiger partial charge on any atom is 0.408 e. The van der Waals surface area contributed by atoms with Crippen LogP contribution in [0.5, 0.6) is 0 Å². The van der Waals surface area contributed by atoms with Gasteiger partial charge in [-0.2, -0.15) is 0 Å². The molecule has 0 aromatic carbocycles. The highest BCUT2D eigenvalue weighted by Gasteiger charge is 2.74. The van der Waals surface area contributed by atoms with Crippen molar-refractivity contribution in [3.8, 4) is 0 Å². The van der Waals surface area contributed by atoms with Crippen LogP contribution in [-0.4, -0.2) is 75.6 Å². The highest BCUT2D eigenvalue weighted by atomic mass is 35.5. The van der Waals surface area contributed by atoms with Crippen LogP contribution < -0.4 is 16.0 Å². The summed E-state index contributed by atoms with van der Waals surface area (Å²) in [6.07, 6.45) is 5.94. The molecule has 12 heteroatoms. The highest BCUT2D eigenvalue weighted by molar-refractivity contribution is 6.51. The van der Waals surface area contributed by atoms with Crippen molar-refractivity contribution in [2.75, 3.05) is 13.1 Å². The zero-order valence-electron chi connectivity index (χ0n) is 23.8. The van der Waals surface area contributed by atoms with Gasteiger partial charge in [-0.3, -0.25) is 19.2 Å². The molecule has 3 rings (SSSR count). The molecule has 3 N–H and O–H groups in total. The minimum absolute atomic E-state index is 0.111. The Balaban J connectivity index is 1.83. The molecule has 0 bridgehead atoms. The molecule has 40 heavy (non-hydrogen) atoms. The molecule has 1 heterocycles. The lowest BCUT2D eigenvalue weighted by molar-refractivity contribution is -0.144. The first-order valence-corrected chi connectivity index (χ1v) is 14.9. The Morgan fingerprint density at radius 2 is 1.75 bits per heavy atom. The van der Waals surface area contributed by atoms with Gasteiger partial charge in [-0.05, 0) is 46.0 Å². The molecule has 1 saturated heterocycles. The van der Waals surface area contributed by atoms with Gasteiger partial charge < -0.3 is 25.6 Å². The van der Waals surface area contributed by atoms with Crippen molar-refractivity contribution in [1.29, 1.82) is 0 Å².